The van der Waals surface area contributed by atoms with Crippen molar-refractivity contribution in [1.82, 2.24) is 0 Å². The molecule has 1 aromatic heterocycles. The van der Waals surface area contributed by atoms with E-state index in [1.165, 1.54) is 33.2 Å². The van der Waals surface area contributed by atoms with Crippen LogP contribution in [-0.2, 0) is 7.05 Å². The minimum absolute atomic E-state index is 0.544. The molecule has 1 nitrogen and oxygen atoms in total. The van der Waals surface area contributed by atoms with Crippen molar-refractivity contribution in [2.75, 3.05) is 0 Å². The van der Waals surface area contributed by atoms with Crippen molar-refractivity contribution in [3.8, 4) is 11.3 Å². The predicted octanol–water partition coefficient (Wildman–Crippen LogP) is 5.31. The van der Waals surface area contributed by atoms with E-state index in [2.05, 4.69) is 101 Å². The fourth-order valence-corrected chi connectivity index (χ4v) is 5.47. The standard InChI is InChI=1S/C23H30NSi/c1-16(2)20-14-22(24(4)15-23(20)25(5,6)7)21-13-19-11-9-8-10-18(19)12-17(21)3/h8-16H,1-7H3/q+1. The number of hydrogen-bond donors (Lipinski definition) is 0. The lowest BCUT2D eigenvalue weighted by Crippen LogP contribution is -2.47. The highest BCUT2D eigenvalue weighted by molar-refractivity contribution is 6.89. The van der Waals surface area contributed by atoms with E-state index in [0.29, 0.717) is 5.92 Å². The third-order valence-electron chi connectivity index (χ3n) is 5.10. The van der Waals surface area contributed by atoms with Crippen LogP contribution in [0.4, 0.5) is 0 Å². The lowest BCUT2D eigenvalue weighted by molar-refractivity contribution is -0.659. The zero-order valence-electron chi connectivity index (χ0n) is 16.6. The molecule has 3 rings (SSSR count). The van der Waals surface area contributed by atoms with E-state index in [1.54, 1.807) is 5.19 Å². The molecule has 0 bridgehead atoms. The molecule has 0 spiro atoms. The van der Waals surface area contributed by atoms with Gasteiger partial charge in [0.05, 0.1) is 8.07 Å². The molecule has 25 heavy (non-hydrogen) atoms. The number of fused-ring (bicyclic) bond motifs is 1. The van der Waals surface area contributed by atoms with Gasteiger partial charge in [-0.2, -0.15) is 0 Å². The third-order valence-corrected chi connectivity index (χ3v) is 7.14. The van der Waals surface area contributed by atoms with Gasteiger partial charge in [-0.05, 0) is 40.8 Å². The first kappa shape index (κ1) is 17.9. The van der Waals surface area contributed by atoms with Crippen LogP contribution in [0.2, 0.25) is 19.6 Å². The lowest BCUT2D eigenvalue weighted by Gasteiger charge is -2.22. The molecule has 0 N–H and O–H groups in total. The zero-order chi connectivity index (χ0) is 18.4. The maximum Gasteiger partial charge on any atom is 0.212 e. The monoisotopic (exact) mass is 348 g/mol. The van der Waals surface area contributed by atoms with Crippen LogP contribution in [0.3, 0.4) is 0 Å². The Balaban J connectivity index is 2.27. The first-order valence-corrected chi connectivity index (χ1v) is 12.7. The maximum atomic E-state index is 2.44. The Hall–Kier alpha value is -1.93. The van der Waals surface area contributed by atoms with Crippen LogP contribution in [0.5, 0.6) is 0 Å². The fraction of sp³-hybridized carbons (Fsp3) is 0.348. The van der Waals surface area contributed by atoms with Gasteiger partial charge in [-0.1, -0.05) is 63.8 Å². The SMILES string of the molecule is Cc1cc2ccccc2cc1-c1cc(C(C)C)c([Si](C)(C)C)c[n+]1C. The van der Waals surface area contributed by atoms with Gasteiger partial charge in [0.1, 0.15) is 7.05 Å². The molecule has 0 amide bonds. The van der Waals surface area contributed by atoms with Crippen molar-refractivity contribution in [2.24, 2.45) is 7.05 Å². The number of nitrogens with zero attached hydrogens (tertiary/aromatic N) is 1. The van der Waals surface area contributed by atoms with Crippen LogP contribution < -0.4 is 9.75 Å². The van der Waals surface area contributed by atoms with Crippen LogP contribution >= 0.6 is 0 Å². The van der Waals surface area contributed by atoms with Gasteiger partial charge in [-0.3, -0.25) is 0 Å². The average molecular weight is 349 g/mol. The molecule has 0 saturated heterocycles. The van der Waals surface area contributed by atoms with E-state index in [1.807, 2.05) is 0 Å². The molecule has 0 aliphatic carbocycles. The molecule has 130 valence electrons. The summed E-state index contributed by atoms with van der Waals surface area (Å²) in [5.74, 6) is 0.544. The molecule has 0 fully saturated rings. The summed E-state index contributed by atoms with van der Waals surface area (Å²) in [6.45, 7) is 14.2. The van der Waals surface area contributed by atoms with Gasteiger partial charge in [0, 0.05) is 16.8 Å². The number of benzene rings is 2. The highest BCUT2D eigenvalue weighted by atomic mass is 28.3. The Labute approximate surface area is 153 Å². The van der Waals surface area contributed by atoms with Gasteiger partial charge >= 0.3 is 0 Å². The van der Waals surface area contributed by atoms with Crippen molar-refractivity contribution in [1.29, 1.82) is 0 Å². The third kappa shape index (κ3) is 3.41. The number of rotatable bonds is 3. The van der Waals surface area contributed by atoms with Gasteiger partial charge in [0.15, 0.2) is 6.20 Å². The van der Waals surface area contributed by atoms with Crippen LogP contribution in [0, 0.1) is 6.92 Å². The number of aromatic nitrogens is 1. The quantitative estimate of drug-likeness (QED) is 0.446. The molecular weight excluding hydrogens is 318 g/mol. The van der Waals surface area contributed by atoms with Crippen molar-refractivity contribution in [2.45, 2.75) is 46.3 Å². The summed E-state index contributed by atoms with van der Waals surface area (Å²) in [5, 5.41) is 4.20. The Bertz CT molecular complexity index is 933. The minimum Gasteiger partial charge on any atom is -0.201 e. The smallest absolute Gasteiger partial charge is 0.201 e. The summed E-state index contributed by atoms with van der Waals surface area (Å²) in [5.41, 5.74) is 5.50. The van der Waals surface area contributed by atoms with Crippen molar-refractivity contribution in [3.63, 3.8) is 0 Å². The molecule has 3 aromatic rings. The van der Waals surface area contributed by atoms with E-state index < -0.39 is 8.07 Å². The molecule has 0 atom stereocenters. The lowest BCUT2D eigenvalue weighted by atomic mass is 9.96. The Morgan fingerprint density at radius 2 is 1.52 bits per heavy atom. The van der Waals surface area contributed by atoms with Crippen LogP contribution in [-0.4, -0.2) is 8.07 Å². The average Bonchev–Trinajstić information content (AvgIpc) is 2.53. The number of aryl methyl sites for hydroxylation is 2. The highest BCUT2D eigenvalue weighted by Gasteiger charge is 2.27. The Morgan fingerprint density at radius 1 is 0.920 bits per heavy atom. The maximum absolute atomic E-state index is 2.44. The summed E-state index contributed by atoms with van der Waals surface area (Å²) in [7, 11) is 0.818. The molecule has 0 saturated carbocycles. The molecular formula is C23H30NSi+. The predicted molar refractivity (Wildman–Crippen MR) is 112 cm³/mol. The van der Waals surface area contributed by atoms with Crippen LogP contribution in [0.15, 0.2) is 48.7 Å². The highest BCUT2D eigenvalue weighted by Crippen LogP contribution is 2.28. The number of hydrogen-bond acceptors (Lipinski definition) is 0. The van der Waals surface area contributed by atoms with Gasteiger partial charge in [0.25, 0.3) is 0 Å². The summed E-state index contributed by atoms with van der Waals surface area (Å²) in [6, 6.07) is 15.7. The molecule has 0 aliphatic heterocycles. The molecule has 0 aliphatic rings. The molecule has 1 heterocycles. The van der Waals surface area contributed by atoms with Crippen LogP contribution in [0.25, 0.3) is 22.0 Å². The molecule has 2 heteroatoms. The normalized spacial score (nSPS) is 12.2. The van der Waals surface area contributed by atoms with Gasteiger partial charge < -0.3 is 0 Å². The Kier molecular flexibility index (Phi) is 4.59. The van der Waals surface area contributed by atoms with Crippen LogP contribution in [0.1, 0.15) is 30.9 Å². The molecule has 0 radical (unpaired) electrons. The largest absolute Gasteiger partial charge is 0.212 e. The first-order chi connectivity index (χ1) is 11.7. The second-order valence-electron chi connectivity index (χ2n) is 8.56. The summed E-state index contributed by atoms with van der Waals surface area (Å²) >= 11 is 0. The summed E-state index contributed by atoms with van der Waals surface area (Å²) in [6.07, 6.45) is 2.39. The van der Waals surface area contributed by atoms with E-state index in [-0.39, 0.29) is 0 Å². The van der Waals surface area contributed by atoms with Gasteiger partial charge in [-0.15, -0.1) is 0 Å². The fourth-order valence-electron chi connectivity index (χ4n) is 3.67. The van der Waals surface area contributed by atoms with E-state index >= 15 is 0 Å². The number of pyridine rings is 1. The Morgan fingerprint density at radius 3 is 2.08 bits per heavy atom. The van der Waals surface area contributed by atoms with Crippen molar-refractivity contribution >= 4 is 24.0 Å². The molecule has 2 aromatic carbocycles. The van der Waals surface area contributed by atoms with E-state index in [0.717, 1.165) is 0 Å². The van der Waals surface area contributed by atoms with Crippen molar-refractivity contribution in [3.05, 3.63) is 59.8 Å². The molecule has 0 unspecified atom stereocenters. The van der Waals surface area contributed by atoms with Crippen molar-refractivity contribution < 1.29 is 4.57 Å². The van der Waals surface area contributed by atoms with E-state index in [4.69, 9.17) is 0 Å². The minimum atomic E-state index is -1.37. The zero-order valence-corrected chi connectivity index (χ0v) is 17.6. The van der Waals surface area contributed by atoms with Gasteiger partial charge in [-0.25, -0.2) is 4.57 Å². The summed E-state index contributed by atoms with van der Waals surface area (Å²) in [4.78, 5) is 0. The second-order valence-corrected chi connectivity index (χ2v) is 13.6. The second kappa shape index (κ2) is 6.42. The van der Waals surface area contributed by atoms with Gasteiger partial charge in [0.2, 0.25) is 5.69 Å². The topological polar surface area (TPSA) is 3.88 Å². The summed E-state index contributed by atoms with van der Waals surface area (Å²) < 4.78 is 2.33. The van der Waals surface area contributed by atoms with E-state index in [9.17, 15) is 0 Å². The first-order valence-electron chi connectivity index (χ1n) is 9.22.